The maximum absolute atomic E-state index is 13.6. The van der Waals surface area contributed by atoms with Crippen LogP contribution in [0.1, 0.15) is 89.0 Å². The lowest BCUT2D eigenvalue weighted by Gasteiger charge is -2.40. The summed E-state index contributed by atoms with van der Waals surface area (Å²) in [7, 11) is 0. The summed E-state index contributed by atoms with van der Waals surface area (Å²) >= 11 is 6.38. The number of rotatable bonds is 5. The minimum Gasteiger partial charge on any atom is -0.371 e. The smallest absolute Gasteiger partial charge is 0.262 e. The second kappa shape index (κ2) is 13.8. The molecule has 0 radical (unpaired) electrons. The van der Waals surface area contributed by atoms with Crippen molar-refractivity contribution >= 4 is 69.0 Å². The van der Waals surface area contributed by atoms with Crippen molar-refractivity contribution in [2.75, 3.05) is 42.5 Å². The van der Waals surface area contributed by atoms with Crippen LogP contribution in [0.5, 0.6) is 0 Å². The molecule has 9 rings (SSSR count). The standard InChI is InChI=1S/C43H42ClN7O5/c1-26-22-43(25-50(26)32-7-8-36(45-2)35(44)21-32)13-17-47(18-14-43)30-5-3-27(4-6-30)40(54)48-15-11-31(12-16-48)49-23-28-19-33-34(20-29(28)24-49)42(56)51(41(33)55)37-9-10-38(52)46-39(37)53/h3-8,19-21,23-24,26,31,37H,9-18,22,25H2,1H3,(H,46,52,53)/t26-,37?/m0/s1. The van der Waals surface area contributed by atoms with Crippen LogP contribution < -0.4 is 15.1 Å². The fraction of sp³-hybridized carbons (Fsp3) is 0.395. The van der Waals surface area contributed by atoms with Gasteiger partial charge in [0, 0.05) is 96.4 Å². The average molecular weight is 772 g/mol. The Hall–Kier alpha value is -5.67. The lowest BCUT2D eigenvalue weighted by atomic mass is 9.76. The first-order valence-corrected chi connectivity index (χ1v) is 19.8. The van der Waals surface area contributed by atoms with Gasteiger partial charge in [-0.2, -0.15) is 0 Å². The zero-order valence-electron chi connectivity index (χ0n) is 31.2. The molecule has 12 nitrogen and oxygen atoms in total. The third-order valence-electron chi connectivity index (χ3n) is 12.8. The molecule has 1 N–H and O–H groups in total. The number of carbonyl (C=O) groups excluding carboxylic acids is 5. The van der Waals surface area contributed by atoms with Crippen LogP contribution in [0.15, 0.2) is 67.0 Å². The van der Waals surface area contributed by atoms with Gasteiger partial charge in [0.2, 0.25) is 17.5 Å². The molecule has 4 fully saturated rings. The number of aromatic nitrogens is 1. The molecule has 1 spiro atoms. The lowest BCUT2D eigenvalue weighted by molar-refractivity contribution is -0.136. The number of imide groups is 2. The highest BCUT2D eigenvalue weighted by molar-refractivity contribution is 6.33. The second-order valence-corrected chi connectivity index (χ2v) is 16.6. The third kappa shape index (κ3) is 6.18. The number of amides is 5. The Labute approximate surface area is 329 Å². The van der Waals surface area contributed by atoms with Crippen molar-refractivity contribution in [2.24, 2.45) is 5.41 Å². The molecule has 1 aromatic heterocycles. The van der Waals surface area contributed by atoms with Crippen molar-refractivity contribution in [3.8, 4) is 0 Å². The van der Waals surface area contributed by atoms with Gasteiger partial charge in [0.25, 0.3) is 17.7 Å². The topological polar surface area (TPSA) is 120 Å². The van der Waals surface area contributed by atoms with Gasteiger partial charge in [-0.05, 0) is 99.4 Å². The van der Waals surface area contributed by atoms with E-state index in [9.17, 15) is 24.0 Å². The van der Waals surface area contributed by atoms with Crippen molar-refractivity contribution in [2.45, 2.75) is 70.0 Å². The average Bonchev–Trinajstić information content (AvgIpc) is 3.84. The van der Waals surface area contributed by atoms with Gasteiger partial charge in [-0.3, -0.25) is 34.2 Å². The Morgan fingerprint density at radius 1 is 0.857 bits per heavy atom. The number of piperidine rings is 3. The summed E-state index contributed by atoms with van der Waals surface area (Å²) in [4.78, 5) is 75.6. The molecule has 2 atom stereocenters. The molecule has 4 saturated heterocycles. The van der Waals surface area contributed by atoms with Gasteiger partial charge in [-0.1, -0.05) is 17.7 Å². The van der Waals surface area contributed by atoms with Crippen molar-refractivity contribution in [3.63, 3.8) is 0 Å². The fourth-order valence-electron chi connectivity index (χ4n) is 9.74. The molecule has 0 aliphatic carbocycles. The number of carbonyl (C=O) groups is 5. The van der Waals surface area contributed by atoms with Crippen molar-refractivity contribution in [1.29, 1.82) is 0 Å². The maximum Gasteiger partial charge on any atom is 0.262 e. The Morgan fingerprint density at radius 3 is 2.11 bits per heavy atom. The maximum atomic E-state index is 13.6. The zero-order chi connectivity index (χ0) is 38.9. The monoisotopic (exact) mass is 771 g/mol. The SMILES string of the molecule is [C-]#[N+]c1ccc(N2CC3(CCN(c4ccc(C(=O)N5CCC(n6cc7cc8c(cc7c6)C(=O)N(C6CCC(=O)NC6=O)C8=O)CC5)cc4)CC3)C[C@@H]2C)cc1Cl. The summed E-state index contributed by atoms with van der Waals surface area (Å²) in [6, 6.07) is 16.8. The van der Waals surface area contributed by atoms with Gasteiger partial charge in [0.1, 0.15) is 6.04 Å². The minimum absolute atomic E-state index is 0.0313. The number of hydrogen-bond donors (Lipinski definition) is 1. The van der Waals surface area contributed by atoms with E-state index in [0.29, 0.717) is 35.4 Å². The largest absolute Gasteiger partial charge is 0.371 e. The predicted octanol–water partition coefficient (Wildman–Crippen LogP) is 6.61. The first kappa shape index (κ1) is 36.0. The summed E-state index contributed by atoms with van der Waals surface area (Å²) < 4.78 is 2.12. The van der Waals surface area contributed by atoms with Crippen LogP contribution in [0.2, 0.25) is 5.02 Å². The number of nitrogens with one attached hydrogen (secondary N) is 1. The highest BCUT2D eigenvalue weighted by Crippen LogP contribution is 2.46. The van der Waals surface area contributed by atoms with E-state index >= 15 is 0 Å². The van der Waals surface area contributed by atoms with E-state index in [1.807, 2.05) is 47.6 Å². The van der Waals surface area contributed by atoms with Crippen LogP contribution in [0, 0.1) is 12.0 Å². The van der Waals surface area contributed by atoms with Crippen LogP contribution in [-0.4, -0.2) is 88.7 Å². The number of hydrogen-bond acceptors (Lipinski definition) is 7. The van der Waals surface area contributed by atoms with E-state index in [1.54, 1.807) is 12.1 Å². The first-order valence-electron chi connectivity index (χ1n) is 19.5. The fourth-order valence-corrected chi connectivity index (χ4v) is 9.96. The lowest BCUT2D eigenvalue weighted by Crippen LogP contribution is -2.54. The molecule has 56 heavy (non-hydrogen) atoms. The van der Waals surface area contributed by atoms with Crippen LogP contribution in [0.4, 0.5) is 17.1 Å². The number of fused-ring (bicyclic) bond motifs is 2. The number of likely N-dealkylation sites (tertiary alicyclic amines) is 1. The van der Waals surface area contributed by atoms with E-state index in [0.717, 1.165) is 78.8 Å². The summed E-state index contributed by atoms with van der Waals surface area (Å²) in [5, 5.41) is 4.39. The number of nitrogens with zero attached hydrogens (tertiary/aromatic N) is 6. The quantitative estimate of drug-likeness (QED) is 0.179. The van der Waals surface area contributed by atoms with E-state index in [-0.39, 0.29) is 41.3 Å². The molecule has 0 bridgehead atoms. The van der Waals surface area contributed by atoms with E-state index in [2.05, 4.69) is 43.6 Å². The molecule has 5 aliphatic heterocycles. The van der Waals surface area contributed by atoms with Crippen molar-refractivity contribution in [1.82, 2.24) is 19.7 Å². The highest BCUT2D eigenvalue weighted by Gasteiger charge is 2.46. The van der Waals surface area contributed by atoms with E-state index in [4.69, 9.17) is 18.2 Å². The molecule has 1 unspecified atom stereocenters. The molecular formula is C43H42ClN7O5. The summed E-state index contributed by atoms with van der Waals surface area (Å²) in [6.07, 6.45) is 9.04. The zero-order valence-corrected chi connectivity index (χ0v) is 31.9. The second-order valence-electron chi connectivity index (χ2n) is 16.2. The number of anilines is 2. The van der Waals surface area contributed by atoms with Gasteiger partial charge in [0.05, 0.1) is 17.7 Å². The van der Waals surface area contributed by atoms with Crippen molar-refractivity contribution in [3.05, 3.63) is 100 Å². The van der Waals surface area contributed by atoms with E-state index in [1.165, 1.54) is 0 Å². The Morgan fingerprint density at radius 2 is 1.50 bits per heavy atom. The van der Waals surface area contributed by atoms with Gasteiger partial charge in [0.15, 0.2) is 0 Å². The van der Waals surface area contributed by atoms with Crippen molar-refractivity contribution < 1.29 is 24.0 Å². The molecular weight excluding hydrogens is 730 g/mol. The van der Waals surface area contributed by atoms with Gasteiger partial charge in [-0.15, -0.1) is 0 Å². The predicted molar refractivity (Wildman–Crippen MR) is 212 cm³/mol. The Bertz CT molecular complexity index is 2300. The molecule has 0 saturated carbocycles. The molecule has 5 aliphatic rings. The van der Waals surface area contributed by atoms with Crippen LogP contribution >= 0.6 is 11.6 Å². The first-order chi connectivity index (χ1) is 27.0. The highest BCUT2D eigenvalue weighted by atomic mass is 35.5. The van der Waals surface area contributed by atoms with Gasteiger partial charge >= 0.3 is 0 Å². The normalized spacial score (nSPS) is 22.6. The van der Waals surface area contributed by atoms with Crippen LogP contribution in [-0.2, 0) is 9.59 Å². The Kier molecular flexibility index (Phi) is 8.88. The van der Waals surface area contributed by atoms with Gasteiger partial charge in [-0.25, -0.2) is 4.85 Å². The van der Waals surface area contributed by atoms with Crippen LogP contribution in [0.25, 0.3) is 15.6 Å². The summed E-state index contributed by atoms with van der Waals surface area (Å²) in [5.74, 6) is -2.03. The molecule has 4 aromatic rings. The molecule has 3 aromatic carbocycles. The number of halogens is 1. The third-order valence-corrected chi connectivity index (χ3v) is 13.1. The van der Waals surface area contributed by atoms with E-state index < -0.39 is 29.7 Å². The minimum atomic E-state index is -0.994. The van der Waals surface area contributed by atoms with Crippen LogP contribution in [0.3, 0.4) is 0 Å². The Balaban J connectivity index is 0.792. The molecule has 6 heterocycles. The molecule has 286 valence electrons. The van der Waals surface area contributed by atoms with Gasteiger partial charge < -0.3 is 19.3 Å². The summed E-state index contributed by atoms with van der Waals surface area (Å²) in [5.41, 5.74) is 4.17. The molecule has 13 heteroatoms. The number of benzene rings is 3. The summed E-state index contributed by atoms with van der Waals surface area (Å²) in [6.45, 7) is 13.7. The molecule has 5 amide bonds.